The highest BCUT2D eigenvalue weighted by molar-refractivity contribution is 7.11. The summed E-state index contributed by atoms with van der Waals surface area (Å²) in [4.78, 5) is 38.5. The van der Waals surface area contributed by atoms with Gasteiger partial charge in [-0.2, -0.15) is 0 Å². The summed E-state index contributed by atoms with van der Waals surface area (Å²) in [5.74, 6) is -1.44. The second-order valence-corrected chi connectivity index (χ2v) is 12.0. The molecule has 2 N–H and O–H groups in total. The molecule has 2 saturated heterocycles. The number of fused-ring (bicyclic) bond motifs is 1. The van der Waals surface area contributed by atoms with Gasteiger partial charge in [-0.25, -0.2) is 14.2 Å². The lowest BCUT2D eigenvalue weighted by atomic mass is 9.93. The summed E-state index contributed by atoms with van der Waals surface area (Å²) < 4.78 is 25.2. The summed E-state index contributed by atoms with van der Waals surface area (Å²) in [6, 6.07) is 3.16. The summed E-state index contributed by atoms with van der Waals surface area (Å²) >= 11 is 7.86. The van der Waals surface area contributed by atoms with Crippen molar-refractivity contribution in [3.63, 3.8) is 0 Å². The Hall–Kier alpha value is -2.90. The van der Waals surface area contributed by atoms with E-state index < -0.39 is 29.2 Å². The zero-order valence-corrected chi connectivity index (χ0v) is 24.0. The third-order valence-electron chi connectivity index (χ3n) is 7.47. The van der Waals surface area contributed by atoms with Gasteiger partial charge in [-0.3, -0.25) is 19.6 Å². The van der Waals surface area contributed by atoms with Crippen LogP contribution < -0.4 is 5.32 Å². The highest BCUT2D eigenvalue weighted by Crippen LogP contribution is 2.37. The molecule has 5 rings (SSSR count). The van der Waals surface area contributed by atoms with Crippen LogP contribution in [0.4, 0.5) is 4.39 Å². The van der Waals surface area contributed by atoms with Crippen molar-refractivity contribution in [2.24, 2.45) is 10.4 Å². The van der Waals surface area contributed by atoms with Crippen LogP contribution in [-0.2, 0) is 19.1 Å². The second-order valence-electron chi connectivity index (χ2n) is 10.7. The second kappa shape index (κ2) is 11.5. The van der Waals surface area contributed by atoms with Gasteiger partial charge in [0.15, 0.2) is 10.8 Å². The van der Waals surface area contributed by atoms with E-state index in [1.807, 2.05) is 5.38 Å². The van der Waals surface area contributed by atoms with E-state index >= 15 is 0 Å². The van der Waals surface area contributed by atoms with E-state index in [-0.39, 0.29) is 22.7 Å². The van der Waals surface area contributed by atoms with Crippen LogP contribution >= 0.6 is 22.9 Å². The molecular formula is C27H31ClFN5O5S. The minimum Gasteiger partial charge on any atom is -0.481 e. The van der Waals surface area contributed by atoms with Crippen molar-refractivity contribution >= 4 is 40.7 Å². The van der Waals surface area contributed by atoms with Crippen LogP contribution in [0.2, 0.25) is 5.02 Å². The molecule has 0 amide bonds. The number of methoxy groups -OCH3 is 1. The third kappa shape index (κ3) is 5.77. The number of rotatable bonds is 8. The minimum absolute atomic E-state index is 0.0124. The van der Waals surface area contributed by atoms with Crippen LogP contribution in [0, 0.1) is 11.2 Å². The van der Waals surface area contributed by atoms with Crippen molar-refractivity contribution in [2.45, 2.75) is 32.0 Å². The third-order valence-corrected chi connectivity index (χ3v) is 8.58. The van der Waals surface area contributed by atoms with Crippen molar-refractivity contribution in [3.8, 4) is 0 Å². The maximum atomic E-state index is 13.9. The fourth-order valence-electron chi connectivity index (χ4n) is 5.46. The lowest BCUT2D eigenvalue weighted by Crippen LogP contribution is -2.53. The van der Waals surface area contributed by atoms with E-state index in [1.165, 1.54) is 36.6 Å². The number of carbonyl (C=O) groups excluding carboxylic acids is 1. The SMILES string of the molecule is COC(=O)C1=C(CN2CCOC3CN(CC(C)(C)C(=O)O)CC32)NC(c2nccs2)=NC1c1ccc(F)cc1Cl. The summed E-state index contributed by atoms with van der Waals surface area (Å²) in [5.41, 5.74) is 0.438. The molecular weight excluding hydrogens is 561 g/mol. The number of carboxylic acids is 1. The number of aliphatic carboxylic acids is 1. The minimum atomic E-state index is -0.898. The zero-order valence-electron chi connectivity index (χ0n) is 22.4. The van der Waals surface area contributed by atoms with E-state index in [0.717, 1.165) is 0 Å². The number of nitrogens with one attached hydrogen (secondary N) is 1. The molecule has 0 radical (unpaired) electrons. The first-order valence-electron chi connectivity index (χ1n) is 12.9. The molecule has 0 spiro atoms. The molecule has 1 aromatic heterocycles. The first-order valence-corrected chi connectivity index (χ1v) is 14.2. The highest BCUT2D eigenvalue weighted by Gasteiger charge is 2.44. The summed E-state index contributed by atoms with van der Waals surface area (Å²) in [6.07, 6.45) is 1.57. The number of carbonyl (C=O) groups is 2. The number of thiazole rings is 1. The number of carboxylic acid groups (broad SMARTS) is 1. The fraction of sp³-hybridized carbons (Fsp3) is 0.481. The van der Waals surface area contributed by atoms with E-state index in [0.29, 0.717) is 61.4 Å². The Kier molecular flexibility index (Phi) is 8.25. The van der Waals surface area contributed by atoms with Crippen LogP contribution in [0.5, 0.6) is 0 Å². The maximum Gasteiger partial charge on any atom is 0.338 e. The molecule has 3 atom stereocenters. The van der Waals surface area contributed by atoms with Gasteiger partial charge in [-0.15, -0.1) is 11.3 Å². The summed E-state index contributed by atoms with van der Waals surface area (Å²) in [7, 11) is 1.31. The Balaban J connectivity index is 1.49. The summed E-state index contributed by atoms with van der Waals surface area (Å²) in [6.45, 7) is 6.54. The van der Waals surface area contributed by atoms with Gasteiger partial charge in [0.05, 0.1) is 36.9 Å². The topological polar surface area (TPSA) is 117 Å². The number of hydrogen-bond acceptors (Lipinski definition) is 10. The number of likely N-dealkylation sites (tertiary alicyclic amines) is 1. The number of ether oxygens (including phenoxy) is 2. The normalized spacial score (nSPS) is 23.9. The average Bonchev–Trinajstić information content (AvgIpc) is 3.58. The molecule has 0 saturated carbocycles. The molecule has 2 fully saturated rings. The number of amidine groups is 1. The quantitative estimate of drug-likeness (QED) is 0.447. The van der Waals surface area contributed by atoms with Crippen LogP contribution in [0.15, 0.2) is 46.0 Å². The van der Waals surface area contributed by atoms with Crippen LogP contribution in [0.1, 0.15) is 30.5 Å². The number of halogens is 2. The first-order chi connectivity index (χ1) is 19.1. The van der Waals surface area contributed by atoms with Crippen LogP contribution in [0.25, 0.3) is 0 Å². The van der Waals surface area contributed by atoms with Crippen molar-refractivity contribution in [3.05, 3.63) is 62.5 Å². The van der Waals surface area contributed by atoms with E-state index in [4.69, 9.17) is 26.1 Å². The van der Waals surface area contributed by atoms with Gasteiger partial charge in [-0.05, 0) is 26.0 Å². The number of benzene rings is 1. The number of aliphatic imine (C=N–C) groups is 1. The van der Waals surface area contributed by atoms with Gasteiger partial charge >= 0.3 is 11.9 Å². The number of hydrogen-bond donors (Lipinski definition) is 2. The van der Waals surface area contributed by atoms with E-state index in [9.17, 15) is 19.1 Å². The molecule has 3 aliphatic rings. The number of nitrogens with zero attached hydrogens (tertiary/aromatic N) is 4. The van der Waals surface area contributed by atoms with Crippen molar-refractivity contribution in [2.75, 3.05) is 46.4 Å². The standard InChI is InChI=1S/C27H31ClFN5O5S/c1-27(2,26(36)37)14-33-12-19-20(13-33)39-8-7-34(19)11-18-21(25(35)38-3)22(16-5-4-15(29)10-17(16)28)32-23(31-18)24-30-6-9-40-24/h4-6,9-10,19-20,22H,7-8,11-14H2,1-3H3,(H,31,32)(H,36,37). The van der Waals surface area contributed by atoms with E-state index in [2.05, 4.69) is 20.1 Å². The smallest absolute Gasteiger partial charge is 0.338 e. The lowest BCUT2D eigenvalue weighted by Gasteiger charge is -2.38. The monoisotopic (exact) mass is 591 g/mol. The zero-order chi connectivity index (χ0) is 28.6. The highest BCUT2D eigenvalue weighted by atomic mass is 35.5. The lowest BCUT2D eigenvalue weighted by molar-refractivity contribution is -0.148. The van der Waals surface area contributed by atoms with Crippen molar-refractivity contribution in [1.82, 2.24) is 20.1 Å². The van der Waals surface area contributed by atoms with E-state index in [1.54, 1.807) is 20.0 Å². The summed E-state index contributed by atoms with van der Waals surface area (Å²) in [5, 5.41) is 15.6. The van der Waals surface area contributed by atoms with Gasteiger partial charge in [0.25, 0.3) is 0 Å². The fourth-order valence-corrected chi connectivity index (χ4v) is 6.32. The maximum absolute atomic E-state index is 13.9. The Morgan fingerprint density at radius 2 is 2.15 bits per heavy atom. The average molecular weight is 592 g/mol. The Bertz CT molecular complexity index is 1350. The number of morpholine rings is 1. The first kappa shape index (κ1) is 28.6. The van der Waals surface area contributed by atoms with Gasteiger partial charge in [0, 0.05) is 60.6 Å². The predicted molar refractivity (Wildman–Crippen MR) is 148 cm³/mol. The van der Waals surface area contributed by atoms with Crippen LogP contribution in [0.3, 0.4) is 0 Å². The van der Waals surface area contributed by atoms with Crippen molar-refractivity contribution in [1.29, 1.82) is 0 Å². The molecule has 10 nitrogen and oxygen atoms in total. The molecule has 214 valence electrons. The molecule has 13 heteroatoms. The Labute approximate surface area is 240 Å². The Morgan fingerprint density at radius 1 is 1.35 bits per heavy atom. The van der Waals surface area contributed by atoms with Gasteiger partial charge in [0.1, 0.15) is 11.9 Å². The number of esters is 1. The van der Waals surface area contributed by atoms with Gasteiger partial charge in [-0.1, -0.05) is 17.7 Å². The molecule has 2 aromatic rings. The van der Waals surface area contributed by atoms with Crippen molar-refractivity contribution < 1.29 is 28.6 Å². The molecule has 4 heterocycles. The largest absolute Gasteiger partial charge is 0.481 e. The van der Waals surface area contributed by atoms with Crippen LogP contribution in [-0.4, -0.2) is 96.3 Å². The molecule has 0 aliphatic carbocycles. The molecule has 0 bridgehead atoms. The Morgan fingerprint density at radius 3 is 2.83 bits per heavy atom. The van der Waals surface area contributed by atoms with Gasteiger partial charge in [0.2, 0.25) is 0 Å². The molecule has 1 aromatic carbocycles. The predicted octanol–water partition coefficient (Wildman–Crippen LogP) is 2.95. The molecule has 3 aliphatic heterocycles. The molecule has 3 unspecified atom stereocenters. The number of aromatic nitrogens is 1. The van der Waals surface area contributed by atoms with Gasteiger partial charge < -0.3 is 19.9 Å². The molecule has 40 heavy (non-hydrogen) atoms.